The first-order valence-corrected chi connectivity index (χ1v) is 19.3. The lowest BCUT2D eigenvalue weighted by atomic mass is 10.0. The van der Waals surface area contributed by atoms with Crippen molar-refractivity contribution >= 4 is 7.60 Å². The fraction of sp³-hybridized carbons (Fsp3) is 1.00. The molecule has 1 N–H and O–H groups in total. The van der Waals surface area contributed by atoms with E-state index in [4.69, 9.17) is 4.52 Å². The number of hydrogen-bond acceptors (Lipinski definition) is 2. The summed E-state index contributed by atoms with van der Waals surface area (Å²) in [4.78, 5) is 10.1. The molecule has 0 aliphatic rings. The molecule has 0 aliphatic heterocycles. The van der Waals surface area contributed by atoms with E-state index in [1.54, 1.807) is 0 Å². The van der Waals surface area contributed by atoms with Gasteiger partial charge in [-0.25, -0.2) is 0 Å². The first-order chi connectivity index (χ1) is 18.6. The van der Waals surface area contributed by atoms with Gasteiger partial charge in [0, 0.05) is 6.16 Å². The molecule has 0 aliphatic carbocycles. The van der Waals surface area contributed by atoms with E-state index < -0.39 is 7.60 Å². The molecule has 0 bridgehead atoms. The molecule has 0 heterocycles. The molecular weight excluding hydrogens is 487 g/mol. The molecule has 0 spiro atoms. The summed E-state index contributed by atoms with van der Waals surface area (Å²) in [6.45, 7) is 5.01. The zero-order chi connectivity index (χ0) is 27.8. The molecule has 1 atom stereocenters. The Morgan fingerprint density at radius 1 is 0.395 bits per heavy atom. The average Bonchev–Trinajstić information content (AvgIpc) is 2.90. The third-order valence-corrected chi connectivity index (χ3v) is 9.55. The Labute approximate surface area is 240 Å². The molecule has 230 valence electrons. The van der Waals surface area contributed by atoms with Crippen LogP contribution < -0.4 is 0 Å². The summed E-state index contributed by atoms with van der Waals surface area (Å²) >= 11 is 0. The maximum Gasteiger partial charge on any atom is 0.328 e. The van der Waals surface area contributed by atoms with Crippen molar-refractivity contribution in [1.29, 1.82) is 0 Å². The Morgan fingerprint density at radius 2 is 0.632 bits per heavy atom. The van der Waals surface area contributed by atoms with Crippen molar-refractivity contribution in [1.82, 2.24) is 0 Å². The quantitative estimate of drug-likeness (QED) is 0.0643. The summed E-state index contributed by atoms with van der Waals surface area (Å²) in [7, 11) is -3.37. The van der Waals surface area contributed by atoms with Crippen LogP contribution in [-0.2, 0) is 9.09 Å². The molecule has 0 aromatic rings. The molecule has 0 radical (unpaired) electrons. The van der Waals surface area contributed by atoms with E-state index in [-0.39, 0.29) is 0 Å². The fourth-order valence-electron chi connectivity index (χ4n) is 5.43. The highest BCUT2D eigenvalue weighted by Gasteiger charge is 2.17. The van der Waals surface area contributed by atoms with Crippen molar-refractivity contribution in [3.63, 3.8) is 0 Å². The molecule has 0 fully saturated rings. The highest BCUT2D eigenvalue weighted by atomic mass is 31.2. The van der Waals surface area contributed by atoms with E-state index >= 15 is 0 Å². The standard InChI is InChI=1S/C34H71O3P/c1-3-5-7-9-11-13-15-17-19-20-22-24-26-28-30-32-34-38(35,36)37-33-31-29-27-25-23-21-18-16-14-12-10-8-6-4-2/h3-34H2,1-2H3,(H,35,36). The number of rotatable bonds is 33. The SMILES string of the molecule is CCCCCCCCCCCCCCCCCCP(=O)(O)OCCCCCCCCCCCCCCCC. The van der Waals surface area contributed by atoms with Gasteiger partial charge in [0.1, 0.15) is 0 Å². The zero-order valence-electron chi connectivity index (χ0n) is 26.3. The lowest BCUT2D eigenvalue weighted by Gasteiger charge is -2.12. The number of unbranched alkanes of at least 4 members (excludes halogenated alkanes) is 28. The van der Waals surface area contributed by atoms with E-state index in [1.807, 2.05) is 0 Å². The molecule has 0 saturated carbocycles. The minimum absolute atomic E-state index is 0.337. The Kier molecular flexibility index (Phi) is 31.8. The molecule has 0 saturated heterocycles. The van der Waals surface area contributed by atoms with Crippen LogP contribution in [0.2, 0.25) is 0 Å². The van der Waals surface area contributed by atoms with Crippen molar-refractivity contribution in [2.75, 3.05) is 12.8 Å². The maximum atomic E-state index is 12.2. The molecule has 1 unspecified atom stereocenters. The minimum Gasteiger partial charge on any atom is -0.324 e. The van der Waals surface area contributed by atoms with Crippen molar-refractivity contribution in [3.8, 4) is 0 Å². The van der Waals surface area contributed by atoms with Gasteiger partial charge in [0.25, 0.3) is 0 Å². The Hall–Kier alpha value is 0.150. The van der Waals surface area contributed by atoms with Gasteiger partial charge in [0.15, 0.2) is 0 Å². The van der Waals surface area contributed by atoms with Crippen LogP contribution in [0.15, 0.2) is 0 Å². The molecule has 4 heteroatoms. The first kappa shape index (κ1) is 38.1. The van der Waals surface area contributed by atoms with Gasteiger partial charge in [0.2, 0.25) is 0 Å². The van der Waals surface area contributed by atoms with Gasteiger partial charge in [-0.2, -0.15) is 0 Å². The van der Waals surface area contributed by atoms with Crippen molar-refractivity contribution in [2.24, 2.45) is 0 Å². The summed E-state index contributed by atoms with van der Waals surface area (Å²) in [5.41, 5.74) is 0. The van der Waals surface area contributed by atoms with Crippen LogP contribution in [0.5, 0.6) is 0 Å². The summed E-state index contributed by atoms with van der Waals surface area (Å²) in [6, 6.07) is 0. The molecule has 0 rings (SSSR count). The fourth-order valence-corrected chi connectivity index (χ4v) is 6.59. The Morgan fingerprint density at radius 3 is 0.921 bits per heavy atom. The van der Waals surface area contributed by atoms with Crippen LogP contribution in [0, 0.1) is 0 Å². The smallest absolute Gasteiger partial charge is 0.324 e. The van der Waals surface area contributed by atoms with Crippen molar-refractivity contribution in [2.45, 2.75) is 206 Å². The number of hydrogen-bond donors (Lipinski definition) is 1. The summed E-state index contributed by atoms with van der Waals surface area (Å²) in [5.74, 6) is 0. The largest absolute Gasteiger partial charge is 0.328 e. The molecular formula is C34H71O3P. The van der Waals surface area contributed by atoms with Gasteiger partial charge in [-0.05, 0) is 12.8 Å². The predicted molar refractivity (Wildman–Crippen MR) is 171 cm³/mol. The van der Waals surface area contributed by atoms with Gasteiger partial charge in [-0.15, -0.1) is 0 Å². The first-order valence-electron chi connectivity index (χ1n) is 17.6. The van der Waals surface area contributed by atoms with Gasteiger partial charge in [-0.3, -0.25) is 4.57 Å². The van der Waals surface area contributed by atoms with Gasteiger partial charge in [-0.1, -0.05) is 194 Å². The van der Waals surface area contributed by atoms with Crippen molar-refractivity contribution < 1.29 is 14.0 Å². The van der Waals surface area contributed by atoms with Crippen LogP contribution in [0.1, 0.15) is 206 Å². The lowest BCUT2D eigenvalue weighted by molar-refractivity contribution is 0.251. The predicted octanol–water partition coefficient (Wildman–Crippen LogP) is 12.9. The van der Waals surface area contributed by atoms with E-state index in [2.05, 4.69) is 13.8 Å². The highest BCUT2D eigenvalue weighted by molar-refractivity contribution is 7.52. The van der Waals surface area contributed by atoms with Gasteiger partial charge >= 0.3 is 7.60 Å². The van der Waals surface area contributed by atoms with Crippen LogP contribution in [0.4, 0.5) is 0 Å². The van der Waals surface area contributed by atoms with Crippen LogP contribution in [-0.4, -0.2) is 17.7 Å². The van der Waals surface area contributed by atoms with Crippen molar-refractivity contribution in [3.05, 3.63) is 0 Å². The van der Waals surface area contributed by atoms with E-state index in [1.165, 1.54) is 167 Å². The second-order valence-corrected chi connectivity index (χ2v) is 14.1. The Bertz CT molecular complexity index is 482. The third kappa shape index (κ3) is 32.4. The second kappa shape index (κ2) is 31.7. The summed E-state index contributed by atoms with van der Waals surface area (Å²) in [5, 5.41) is 0. The highest BCUT2D eigenvalue weighted by Crippen LogP contribution is 2.43. The summed E-state index contributed by atoms with van der Waals surface area (Å²) < 4.78 is 17.6. The van der Waals surface area contributed by atoms with Crippen LogP contribution >= 0.6 is 7.60 Å². The van der Waals surface area contributed by atoms with E-state index in [0.29, 0.717) is 12.8 Å². The molecule has 38 heavy (non-hydrogen) atoms. The maximum absolute atomic E-state index is 12.2. The third-order valence-electron chi connectivity index (χ3n) is 8.09. The monoisotopic (exact) mass is 559 g/mol. The molecule has 0 amide bonds. The molecule has 0 aromatic carbocycles. The minimum atomic E-state index is -3.37. The van der Waals surface area contributed by atoms with Gasteiger partial charge in [0.05, 0.1) is 6.61 Å². The van der Waals surface area contributed by atoms with Gasteiger partial charge < -0.3 is 9.42 Å². The van der Waals surface area contributed by atoms with Crippen LogP contribution in [0.3, 0.4) is 0 Å². The molecule has 3 nitrogen and oxygen atoms in total. The summed E-state index contributed by atoms with van der Waals surface area (Å²) in [6.07, 6.45) is 40.0. The van der Waals surface area contributed by atoms with Crippen LogP contribution in [0.25, 0.3) is 0 Å². The average molecular weight is 559 g/mol. The van der Waals surface area contributed by atoms with E-state index in [9.17, 15) is 9.46 Å². The normalized spacial score (nSPS) is 13.2. The van der Waals surface area contributed by atoms with E-state index in [0.717, 1.165) is 25.7 Å². The zero-order valence-corrected chi connectivity index (χ0v) is 27.2. The second-order valence-electron chi connectivity index (χ2n) is 12.1. The Balaban J connectivity index is 3.27. The topological polar surface area (TPSA) is 46.5 Å². The lowest BCUT2D eigenvalue weighted by Crippen LogP contribution is -1.97. The molecule has 0 aromatic heterocycles.